The minimum Gasteiger partial charge on any atom is -0.438 e. The van der Waals surface area contributed by atoms with Gasteiger partial charge >= 0.3 is 0 Å². The Kier molecular flexibility index (Phi) is 4.12. The number of nitrogens with zero attached hydrogens (tertiary/aromatic N) is 2. The molecule has 0 aliphatic carbocycles. The summed E-state index contributed by atoms with van der Waals surface area (Å²) in [5.41, 5.74) is 0.778. The fraction of sp³-hybridized carbons (Fsp3) is 0.286. The van der Waals surface area contributed by atoms with Gasteiger partial charge in [-0.3, -0.25) is 0 Å². The van der Waals surface area contributed by atoms with E-state index in [1.165, 1.54) is 12.4 Å². The summed E-state index contributed by atoms with van der Waals surface area (Å²) in [5.74, 6) is -0.611. The number of aromatic nitrogens is 2. The first-order valence-corrected chi connectivity index (χ1v) is 6.18. The van der Waals surface area contributed by atoms with Crippen LogP contribution in [0.4, 0.5) is 14.6 Å². The Bertz CT molecular complexity index is 617. The summed E-state index contributed by atoms with van der Waals surface area (Å²) < 4.78 is 31.6. The van der Waals surface area contributed by atoms with E-state index in [2.05, 4.69) is 15.3 Å². The number of ether oxygens (including phenoxy) is 1. The van der Waals surface area contributed by atoms with E-state index < -0.39 is 11.6 Å². The average molecular weight is 279 g/mol. The Balaban J connectivity index is 2.40. The molecule has 0 saturated heterocycles. The molecule has 4 nitrogen and oxygen atoms in total. The van der Waals surface area contributed by atoms with Crippen molar-refractivity contribution < 1.29 is 13.5 Å². The number of benzene rings is 1. The molecule has 0 aliphatic rings. The van der Waals surface area contributed by atoms with Gasteiger partial charge in [-0.25, -0.2) is 18.7 Å². The molecule has 20 heavy (non-hydrogen) atoms. The van der Waals surface area contributed by atoms with Crippen molar-refractivity contribution in [2.45, 2.75) is 19.8 Å². The van der Waals surface area contributed by atoms with Crippen LogP contribution in [0.5, 0.6) is 11.6 Å². The van der Waals surface area contributed by atoms with Crippen LogP contribution in [0.25, 0.3) is 0 Å². The van der Waals surface area contributed by atoms with Crippen molar-refractivity contribution in [2.24, 2.45) is 0 Å². The molecule has 0 radical (unpaired) electrons. The first-order chi connectivity index (χ1) is 9.52. The van der Waals surface area contributed by atoms with E-state index in [1.807, 2.05) is 13.8 Å². The zero-order chi connectivity index (χ0) is 14.7. The first kappa shape index (κ1) is 14.2. The molecule has 0 fully saturated rings. The molecular weight excluding hydrogens is 264 g/mol. The standard InChI is InChI=1S/C14H15F2N3O/c1-8(2)12-13(17-3)18-7-19-14(12)20-9-4-5-10(15)11(16)6-9/h4-8H,1-3H3,(H,17,18,19). The predicted molar refractivity (Wildman–Crippen MR) is 72.1 cm³/mol. The highest BCUT2D eigenvalue weighted by atomic mass is 19.2. The molecule has 0 amide bonds. The van der Waals surface area contributed by atoms with Crippen LogP contribution in [0.3, 0.4) is 0 Å². The number of anilines is 1. The number of hydrogen-bond donors (Lipinski definition) is 1. The first-order valence-electron chi connectivity index (χ1n) is 6.18. The monoisotopic (exact) mass is 279 g/mol. The number of hydrogen-bond acceptors (Lipinski definition) is 4. The second kappa shape index (κ2) is 5.81. The van der Waals surface area contributed by atoms with Gasteiger partial charge in [0.1, 0.15) is 17.9 Å². The lowest BCUT2D eigenvalue weighted by molar-refractivity contribution is 0.439. The van der Waals surface area contributed by atoms with Crippen molar-refractivity contribution in [3.05, 3.63) is 41.7 Å². The SMILES string of the molecule is CNc1ncnc(Oc2ccc(F)c(F)c2)c1C(C)C. The number of halogens is 2. The maximum Gasteiger partial charge on any atom is 0.227 e. The quantitative estimate of drug-likeness (QED) is 0.926. The predicted octanol–water partition coefficient (Wildman–Crippen LogP) is 3.71. The van der Waals surface area contributed by atoms with E-state index in [4.69, 9.17) is 4.74 Å². The lowest BCUT2D eigenvalue weighted by Gasteiger charge is -2.15. The van der Waals surface area contributed by atoms with Gasteiger partial charge in [0, 0.05) is 13.1 Å². The van der Waals surface area contributed by atoms with Gasteiger partial charge in [-0.05, 0) is 18.1 Å². The molecule has 2 aromatic rings. The van der Waals surface area contributed by atoms with Gasteiger partial charge in [-0.15, -0.1) is 0 Å². The lowest BCUT2D eigenvalue weighted by Crippen LogP contribution is -2.04. The maximum absolute atomic E-state index is 13.2. The molecule has 0 saturated carbocycles. The van der Waals surface area contributed by atoms with Gasteiger partial charge in [-0.1, -0.05) is 13.8 Å². The zero-order valence-corrected chi connectivity index (χ0v) is 11.4. The molecule has 1 aromatic carbocycles. The maximum atomic E-state index is 13.2. The van der Waals surface area contributed by atoms with Gasteiger partial charge < -0.3 is 10.1 Å². The highest BCUT2D eigenvalue weighted by molar-refractivity contribution is 5.51. The summed E-state index contributed by atoms with van der Waals surface area (Å²) in [4.78, 5) is 8.18. The highest BCUT2D eigenvalue weighted by Crippen LogP contribution is 2.32. The molecule has 106 valence electrons. The van der Waals surface area contributed by atoms with Crippen LogP contribution < -0.4 is 10.1 Å². The third-order valence-electron chi connectivity index (χ3n) is 2.77. The summed E-state index contributed by atoms with van der Waals surface area (Å²) in [6.45, 7) is 3.94. The van der Waals surface area contributed by atoms with Crippen LogP contribution in [0, 0.1) is 11.6 Å². The van der Waals surface area contributed by atoms with Crippen molar-refractivity contribution in [3.63, 3.8) is 0 Å². The third-order valence-corrected chi connectivity index (χ3v) is 2.77. The van der Waals surface area contributed by atoms with Crippen LogP contribution in [0.15, 0.2) is 24.5 Å². The molecule has 1 heterocycles. The molecule has 6 heteroatoms. The number of rotatable bonds is 4. The molecular formula is C14H15F2N3O. The second-order valence-corrected chi connectivity index (χ2v) is 4.52. The van der Waals surface area contributed by atoms with Gasteiger partial charge in [0.2, 0.25) is 5.88 Å². The zero-order valence-electron chi connectivity index (χ0n) is 11.4. The summed E-state index contributed by atoms with van der Waals surface area (Å²) in [6.07, 6.45) is 1.35. The van der Waals surface area contributed by atoms with E-state index in [0.717, 1.165) is 17.7 Å². The van der Waals surface area contributed by atoms with Crippen molar-refractivity contribution in [3.8, 4) is 11.6 Å². The Labute approximate surface area is 115 Å². The summed E-state index contributed by atoms with van der Waals surface area (Å²) in [7, 11) is 1.75. The normalized spacial score (nSPS) is 10.7. The summed E-state index contributed by atoms with van der Waals surface area (Å²) >= 11 is 0. The van der Waals surface area contributed by atoms with E-state index in [0.29, 0.717) is 11.7 Å². The Morgan fingerprint density at radius 1 is 1.15 bits per heavy atom. The van der Waals surface area contributed by atoms with Crippen LogP contribution in [-0.4, -0.2) is 17.0 Å². The van der Waals surface area contributed by atoms with E-state index >= 15 is 0 Å². The van der Waals surface area contributed by atoms with E-state index in [9.17, 15) is 8.78 Å². The Morgan fingerprint density at radius 2 is 1.90 bits per heavy atom. The lowest BCUT2D eigenvalue weighted by atomic mass is 10.1. The average Bonchev–Trinajstić information content (AvgIpc) is 2.42. The van der Waals surface area contributed by atoms with Gasteiger partial charge in [0.25, 0.3) is 0 Å². The van der Waals surface area contributed by atoms with Crippen molar-refractivity contribution >= 4 is 5.82 Å². The molecule has 0 spiro atoms. The molecule has 1 aromatic heterocycles. The molecule has 0 atom stereocenters. The van der Waals surface area contributed by atoms with E-state index in [-0.39, 0.29) is 11.7 Å². The minimum absolute atomic E-state index is 0.110. The molecule has 0 aliphatic heterocycles. The Hall–Kier alpha value is -2.24. The van der Waals surface area contributed by atoms with Crippen LogP contribution >= 0.6 is 0 Å². The van der Waals surface area contributed by atoms with Crippen molar-refractivity contribution in [2.75, 3.05) is 12.4 Å². The fourth-order valence-corrected chi connectivity index (χ4v) is 1.83. The van der Waals surface area contributed by atoms with Gasteiger partial charge in [0.05, 0.1) is 5.56 Å². The van der Waals surface area contributed by atoms with Crippen molar-refractivity contribution in [1.29, 1.82) is 0 Å². The topological polar surface area (TPSA) is 47.0 Å². The fourth-order valence-electron chi connectivity index (χ4n) is 1.83. The molecule has 0 bridgehead atoms. The van der Waals surface area contributed by atoms with E-state index in [1.54, 1.807) is 7.05 Å². The highest BCUT2D eigenvalue weighted by Gasteiger charge is 2.16. The van der Waals surface area contributed by atoms with Crippen LogP contribution in [-0.2, 0) is 0 Å². The summed E-state index contributed by atoms with van der Waals surface area (Å²) in [6, 6.07) is 3.35. The smallest absolute Gasteiger partial charge is 0.227 e. The summed E-state index contributed by atoms with van der Waals surface area (Å²) in [5, 5.41) is 2.96. The second-order valence-electron chi connectivity index (χ2n) is 4.52. The Morgan fingerprint density at radius 3 is 2.50 bits per heavy atom. The largest absolute Gasteiger partial charge is 0.438 e. The third kappa shape index (κ3) is 2.84. The minimum atomic E-state index is -0.962. The van der Waals surface area contributed by atoms with Crippen LogP contribution in [0.1, 0.15) is 25.3 Å². The van der Waals surface area contributed by atoms with Gasteiger partial charge in [-0.2, -0.15) is 0 Å². The molecule has 1 N–H and O–H groups in total. The molecule has 2 rings (SSSR count). The number of nitrogens with one attached hydrogen (secondary N) is 1. The van der Waals surface area contributed by atoms with Gasteiger partial charge in [0.15, 0.2) is 11.6 Å². The van der Waals surface area contributed by atoms with Crippen LogP contribution in [0.2, 0.25) is 0 Å². The van der Waals surface area contributed by atoms with Crippen molar-refractivity contribution in [1.82, 2.24) is 9.97 Å². The molecule has 0 unspecified atom stereocenters.